The maximum atomic E-state index is 13.9. The van der Waals surface area contributed by atoms with E-state index in [9.17, 15) is 9.18 Å². The Labute approximate surface area is 209 Å². The van der Waals surface area contributed by atoms with Crippen LogP contribution in [0.25, 0.3) is 23.0 Å². The lowest BCUT2D eigenvalue weighted by molar-refractivity contribution is -0.125. The molecule has 0 unspecified atom stereocenters. The summed E-state index contributed by atoms with van der Waals surface area (Å²) in [7, 11) is 0. The minimum atomic E-state index is -0.314. The van der Waals surface area contributed by atoms with E-state index in [-0.39, 0.29) is 17.8 Å². The first kappa shape index (κ1) is 23.5. The van der Waals surface area contributed by atoms with Gasteiger partial charge in [-0.05, 0) is 67.4 Å². The minimum absolute atomic E-state index is 0.0689. The summed E-state index contributed by atoms with van der Waals surface area (Å²) in [6.45, 7) is 4.88. The van der Waals surface area contributed by atoms with Crippen molar-refractivity contribution in [2.24, 2.45) is 0 Å². The summed E-state index contributed by atoms with van der Waals surface area (Å²) in [6.07, 6.45) is 2.60. The smallest absolute Gasteiger partial charge is 0.254 e. The number of halogens is 1. The predicted octanol–water partition coefficient (Wildman–Crippen LogP) is 6.39. The van der Waals surface area contributed by atoms with Gasteiger partial charge in [0.25, 0.3) is 5.91 Å². The number of aromatic nitrogens is 1. The molecule has 4 aromatic rings. The summed E-state index contributed by atoms with van der Waals surface area (Å²) in [6, 6.07) is 23.5. The molecule has 2 heterocycles. The van der Waals surface area contributed by atoms with Gasteiger partial charge in [-0.3, -0.25) is 4.79 Å². The molecule has 5 nitrogen and oxygen atoms in total. The molecule has 36 heavy (non-hydrogen) atoms. The average molecular weight is 483 g/mol. The molecular formula is C30H27FN2O3. The monoisotopic (exact) mass is 482 g/mol. The molecule has 0 saturated heterocycles. The van der Waals surface area contributed by atoms with Crippen LogP contribution in [0.1, 0.15) is 36.2 Å². The fraction of sp³-hybridized carbons (Fsp3) is 0.200. The van der Waals surface area contributed by atoms with E-state index < -0.39 is 0 Å². The van der Waals surface area contributed by atoms with E-state index >= 15 is 0 Å². The minimum Gasteiger partial charge on any atom is -0.491 e. The van der Waals surface area contributed by atoms with E-state index in [1.165, 1.54) is 12.1 Å². The van der Waals surface area contributed by atoms with Gasteiger partial charge in [-0.15, -0.1) is 0 Å². The van der Waals surface area contributed by atoms with Crippen LogP contribution in [0.5, 0.6) is 5.75 Å². The van der Waals surface area contributed by atoms with Gasteiger partial charge in [0.1, 0.15) is 11.6 Å². The van der Waals surface area contributed by atoms with Gasteiger partial charge in [0.05, 0.1) is 18.3 Å². The highest BCUT2D eigenvalue weighted by molar-refractivity contribution is 6.24. The fourth-order valence-electron chi connectivity index (χ4n) is 4.35. The van der Waals surface area contributed by atoms with Crippen molar-refractivity contribution in [3.63, 3.8) is 0 Å². The number of ether oxygens (including phenoxy) is 1. The number of carbonyl (C=O) groups excluding carboxylic acids is 1. The fourth-order valence-corrected chi connectivity index (χ4v) is 4.35. The normalized spacial score (nSPS) is 13.6. The van der Waals surface area contributed by atoms with Crippen molar-refractivity contribution in [3.05, 3.63) is 107 Å². The van der Waals surface area contributed by atoms with Crippen LogP contribution < -0.4 is 4.74 Å². The zero-order chi connectivity index (χ0) is 25.1. The van der Waals surface area contributed by atoms with Crippen LogP contribution in [0.4, 0.5) is 4.39 Å². The zero-order valence-electron chi connectivity index (χ0n) is 20.3. The molecule has 0 spiro atoms. The second-order valence-electron chi connectivity index (χ2n) is 9.08. The summed E-state index contributed by atoms with van der Waals surface area (Å²) in [5.74, 6) is 0.985. The average Bonchev–Trinajstić information content (AvgIpc) is 3.32. The second-order valence-corrected chi connectivity index (χ2v) is 9.08. The van der Waals surface area contributed by atoms with Crippen LogP contribution in [-0.2, 0) is 17.8 Å². The van der Waals surface area contributed by atoms with Gasteiger partial charge < -0.3 is 14.2 Å². The molecule has 0 aliphatic carbocycles. The highest BCUT2D eigenvalue weighted by Crippen LogP contribution is 2.32. The standard InChI is InChI=1S/C30H27FN2O3/c1-20(2)35-25-14-8-21(9-15-25)18-26(22-6-4-3-5-7-22)30(34)33-17-16-28-27(19-33)29(36-32-28)23-10-12-24(31)13-11-23/h3-15,18,20H,16-17,19H2,1-2H3/b26-18+. The van der Waals surface area contributed by atoms with Crippen molar-refractivity contribution in [2.45, 2.75) is 32.9 Å². The van der Waals surface area contributed by atoms with E-state index in [2.05, 4.69) is 5.16 Å². The van der Waals surface area contributed by atoms with E-state index in [0.717, 1.165) is 33.7 Å². The quantitative estimate of drug-likeness (QED) is 0.236. The van der Waals surface area contributed by atoms with E-state index in [1.54, 1.807) is 12.1 Å². The summed E-state index contributed by atoms with van der Waals surface area (Å²) in [4.78, 5) is 15.7. The van der Waals surface area contributed by atoms with Crippen molar-refractivity contribution in [2.75, 3.05) is 6.54 Å². The number of hydrogen-bond donors (Lipinski definition) is 0. The molecule has 182 valence electrons. The molecule has 1 aliphatic rings. The van der Waals surface area contributed by atoms with Crippen LogP contribution in [0.2, 0.25) is 0 Å². The maximum Gasteiger partial charge on any atom is 0.254 e. The summed E-state index contributed by atoms with van der Waals surface area (Å²) >= 11 is 0. The van der Waals surface area contributed by atoms with Crippen molar-refractivity contribution >= 4 is 17.6 Å². The van der Waals surface area contributed by atoms with E-state index in [0.29, 0.717) is 30.8 Å². The van der Waals surface area contributed by atoms with Gasteiger partial charge >= 0.3 is 0 Å². The van der Waals surface area contributed by atoms with Gasteiger partial charge in [-0.2, -0.15) is 0 Å². The lowest BCUT2D eigenvalue weighted by Gasteiger charge is -2.27. The van der Waals surface area contributed by atoms with Crippen LogP contribution in [-0.4, -0.2) is 28.6 Å². The first-order valence-corrected chi connectivity index (χ1v) is 12.0. The van der Waals surface area contributed by atoms with Crippen molar-refractivity contribution < 1.29 is 18.4 Å². The van der Waals surface area contributed by atoms with Gasteiger partial charge in [0.2, 0.25) is 0 Å². The molecule has 5 rings (SSSR count). The number of carbonyl (C=O) groups is 1. The largest absolute Gasteiger partial charge is 0.491 e. The Balaban J connectivity index is 1.45. The van der Waals surface area contributed by atoms with Crippen molar-refractivity contribution in [3.8, 4) is 17.1 Å². The number of hydrogen-bond acceptors (Lipinski definition) is 4. The lowest BCUT2D eigenvalue weighted by Crippen LogP contribution is -2.36. The van der Waals surface area contributed by atoms with Gasteiger partial charge in [-0.25, -0.2) is 4.39 Å². The third kappa shape index (κ3) is 5.08. The van der Waals surface area contributed by atoms with Gasteiger partial charge in [0, 0.05) is 29.7 Å². The summed E-state index contributed by atoms with van der Waals surface area (Å²) in [5, 5.41) is 4.22. The first-order valence-electron chi connectivity index (χ1n) is 12.0. The van der Waals surface area contributed by atoms with E-state index in [4.69, 9.17) is 9.26 Å². The number of fused-ring (bicyclic) bond motifs is 1. The molecule has 0 N–H and O–H groups in total. The second kappa shape index (κ2) is 10.2. The number of rotatable bonds is 6. The molecule has 0 bridgehead atoms. The first-order chi connectivity index (χ1) is 17.5. The zero-order valence-corrected chi connectivity index (χ0v) is 20.3. The Morgan fingerprint density at radius 2 is 1.75 bits per heavy atom. The topological polar surface area (TPSA) is 55.6 Å². The molecule has 6 heteroatoms. The molecule has 0 fully saturated rings. The lowest BCUT2D eigenvalue weighted by atomic mass is 9.98. The molecule has 0 atom stereocenters. The van der Waals surface area contributed by atoms with E-state index in [1.807, 2.05) is 79.4 Å². The van der Waals surface area contributed by atoms with Crippen LogP contribution >= 0.6 is 0 Å². The highest BCUT2D eigenvalue weighted by atomic mass is 19.1. The number of benzene rings is 3. The van der Waals surface area contributed by atoms with Gasteiger partial charge in [0.15, 0.2) is 5.76 Å². The molecule has 3 aromatic carbocycles. The summed E-state index contributed by atoms with van der Waals surface area (Å²) < 4.78 is 24.8. The Morgan fingerprint density at radius 1 is 1.03 bits per heavy atom. The van der Waals surface area contributed by atoms with Gasteiger partial charge in [-0.1, -0.05) is 47.6 Å². The van der Waals surface area contributed by atoms with Crippen LogP contribution in [0, 0.1) is 5.82 Å². The van der Waals surface area contributed by atoms with Crippen LogP contribution in [0.3, 0.4) is 0 Å². The molecule has 1 aromatic heterocycles. The molecular weight excluding hydrogens is 455 g/mol. The Hall–Kier alpha value is -4.19. The Morgan fingerprint density at radius 3 is 2.44 bits per heavy atom. The SMILES string of the molecule is CC(C)Oc1ccc(/C=C(/C(=O)N2CCc3noc(-c4ccc(F)cc4)c3C2)c2ccccc2)cc1. The maximum absolute atomic E-state index is 13.9. The molecule has 1 aliphatic heterocycles. The summed E-state index contributed by atoms with van der Waals surface area (Å²) in [5.41, 5.74) is 4.80. The van der Waals surface area contributed by atoms with Crippen molar-refractivity contribution in [1.29, 1.82) is 0 Å². The third-order valence-electron chi connectivity index (χ3n) is 6.11. The predicted molar refractivity (Wildman–Crippen MR) is 138 cm³/mol. The number of amides is 1. The Kier molecular flexibility index (Phi) is 6.67. The molecule has 0 saturated carbocycles. The Bertz CT molecular complexity index is 1370. The third-order valence-corrected chi connectivity index (χ3v) is 6.11. The number of nitrogens with zero attached hydrogens (tertiary/aromatic N) is 2. The highest BCUT2D eigenvalue weighted by Gasteiger charge is 2.29. The molecule has 1 amide bonds. The van der Waals surface area contributed by atoms with Crippen molar-refractivity contribution in [1.82, 2.24) is 10.1 Å². The molecule has 0 radical (unpaired) electrons. The van der Waals surface area contributed by atoms with Crippen LogP contribution in [0.15, 0.2) is 83.4 Å².